The van der Waals surface area contributed by atoms with Gasteiger partial charge >= 0.3 is 6.09 Å². The molecule has 0 fully saturated rings. The van der Waals surface area contributed by atoms with Crippen LogP contribution < -0.4 is 4.90 Å². The van der Waals surface area contributed by atoms with Crippen molar-refractivity contribution in [1.82, 2.24) is 4.98 Å². The summed E-state index contributed by atoms with van der Waals surface area (Å²) in [6.07, 6.45) is 1.19. The van der Waals surface area contributed by atoms with E-state index in [-0.39, 0.29) is 24.1 Å². The van der Waals surface area contributed by atoms with Crippen LogP contribution in [0.1, 0.15) is 50.5 Å². The lowest BCUT2D eigenvalue weighted by Crippen LogP contribution is -2.41. The van der Waals surface area contributed by atoms with E-state index in [2.05, 4.69) is 4.98 Å². The van der Waals surface area contributed by atoms with E-state index in [0.717, 1.165) is 0 Å². The van der Waals surface area contributed by atoms with Crippen molar-refractivity contribution in [3.05, 3.63) is 59.5 Å². The Labute approximate surface area is 159 Å². The zero-order chi connectivity index (χ0) is 20.2. The molecule has 1 heterocycles. The van der Waals surface area contributed by atoms with Gasteiger partial charge in [-0.15, -0.1) is 0 Å². The number of benzene rings is 1. The van der Waals surface area contributed by atoms with Crippen LogP contribution in [0.2, 0.25) is 0 Å². The second-order valence-corrected chi connectivity index (χ2v) is 7.57. The summed E-state index contributed by atoms with van der Waals surface area (Å²) < 4.78 is 18.5. The highest BCUT2D eigenvalue weighted by Crippen LogP contribution is 2.20. The topological polar surface area (TPSA) is 59.5 Å². The highest BCUT2D eigenvalue weighted by Gasteiger charge is 2.26. The van der Waals surface area contributed by atoms with E-state index in [4.69, 9.17) is 4.74 Å². The normalized spacial score (nSPS) is 11.4. The van der Waals surface area contributed by atoms with Crippen molar-refractivity contribution in [2.45, 2.75) is 52.7 Å². The molecule has 0 aliphatic rings. The number of Topliss-reactive ketones (excluding diaryl/α,β-unsaturated/α-hetero) is 1. The maximum absolute atomic E-state index is 13.0. The number of anilines is 1. The SMILES string of the molecule is CC(C)N(C(=O)OC(C)(C)C)c1cc(CC(=O)c2ccc(F)cc2)ccn1. The molecular formula is C21H25FN2O3. The molecule has 0 atom stereocenters. The summed E-state index contributed by atoms with van der Waals surface area (Å²) in [6.45, 7) is 9.13. The molecule has 27 heavy (non-hydrogen) atoms. The Balaban J connectivity index is 2.22. The number of carbonyl (C=O) groups excluding carboxylic acids is 2. The first kappa shape index (κ1) is 20.6. The third kappa shape index (κ3) is 5.88. The Kier molecular flexibility index (Phi) is 6.31. The van der Waals surface area contributed by atoms with Crippen LogP contribution in [-0.2, 0) is 11.2 Å². The lowest BCUT2D eigenvalue weighted by atomic mass is 10.0. The van der Waals surface area contributed by atoms with Gasteiger partial charge in [0.2, 0.25) is 0 Å². The van der Waals surface area contributed by atoms with Gasteiger partial charge in [0, 0.05) is 24.2 Å². The molecule has 0 aliphatic heterocycles. The average molecular weight is 372 g/mol. The number of ether oxygens (including phenoxy) is 1. The van der Waals surface area contributed by atoms with Gasteiger partial charge in [0.15, 0.2) is 5.78 Å². The molecule has 5 nitrogen and oxygen atoms in total. The van der Waals surface area contributed by atoms with Gasteiger partial charge in [0.1, 0.15) is 17.2 Å². The Morgan fingerprint density at radius 3 is 2.33 bits per heavy atom. The van der Waals surface area contributed by atoms with Gasteiger partial charge in [-0.05, 0) is 76.6 Å². The Bertz CT molecular complexity index is 811. The maximum atomic E-state index is 13.0. The molecular weight excluding hydrogens is 347 g/mol. The van der Waals surface area contributed by atoms with E-state index < -0.39 is 11.7 Å². The van der Waals surface area contributed by atoms with Gasteiger partial charge in [0.25, 0.3) is 0 Å². The quantitative estimate of drug-likeness (QED) is 0.708. The maximum Gasteiger partial charge on any atom is 0.416 e. The van der Waals surface area contributed by atoms with Crippen LogP contribution in [0.4, 0.5) is 15.0 Å². The molecule has 6 heteroatoms. The number of carbonyl (C=O) groups is 2. The molecule has 0 spiro atoms. The zero-order valence-electron chi connectivity index (χ0n) is 16.3. The van der Waals surface area contributed by atoms with E-state index in [1.165, 1.54) is 29.2 Å². The van der Waals surface area contributed by atoms with Crippen molar-refractivity contribution >= 4 is 17.7 Å². The number of pyridine rings is 1. The molecule has 0 bridgehead atoms. The standard InChI is InChI=1S/C21H25FN2O3/c1-14(2)24(20(26)27-21(3,4)5)19-13-15(10-11-23-19)12-18(25)16-6-8-17(22)9-7-16/h6-11,13-14H,12H2,1-5H3. The van der Waals surface area contributed by atoms with Gasteiger partial charge in [-0.2, -0.15) is 0 Å². The summed E-state index contributed by atoms with van der Waals surface area (Å²) >= 11 is 0. The Morgan fingerprint density at radius 1 is 1.15 bits per heavy atom. The van der Waals surface area contributed by atoms with E-state index in [1.807, 2.05) is 13.8 Å². The number of hydrogen-bond donors (Lipinski definition) is 0. The van der Waals surface area contributed by atoms with Gasteiger partial charge < -0.3 is 4.74 Å². The fourth-order valence-electron chi connectivity index (χ4n) is 2.51. The van der Waals surface area contributed by atoms with Crippen LogP contribution in [0, 0.1) is 5.82 Å². The summed E-state index contributed by atoms with van der Waals surface area (Å²) in [5.74, 6) is -0.105. The third-order valence-electron chi connectivity index (χ3n) is 3.69. The fourth-order valence-corrected chi connectivity index (χ4v) is 2.51. The molecule has 0 unspecified atom stereocenters. The van der Waals surface area contributed by atoms with Crippen molar-refractivity contribution in [3.8, 4) is 0 Å². The largest absolute Gasteiger partial charge is 0.443 e. The average Bonchev–Trinajstić information content (AvgIpc) is 2.53. The van der Waals surface area contributed by atoms with E-state index in [1.54, 1.807) is 39.1 Å². The minimum atomic E-state index is -0.625. The predicted octanol–water partition coefficient (Wildman–Crippen LogP) is 4.80. The molecule has 0 aliphatic carbocycles. The van der Waals surface area contributed by atoms with Crippen molar-refractivity contribution in [2.24, 2.45) is 0 Å². The minimum absolute atomic E-state index is 0.126. The number of nitrogens with zero attached hydrogens (tertiary/aromatic N) is 2. The molecule has 1 aromatic carbocycles. The first-order chi connectivity index (χ1) is 12.6. The van der Waals surface area contributed by atoms with Crippen LogP contribution >= 0.6 is 0 Å². The predicted molar refractivity (Wildman–Crippen MR) is 103 cm³/mol. The summed E-state index contributed by atoms with van der Waals surface area (Å²) in [6, 6.07) is 8.68. The third-order valence-corrected chi connectivity index (χ3v) is 3.69. The molecule has 144 valence electrons. The number of rotatable bonds is 5. The Morgan fingerprint density at radius 2 is 1.78 bits per heavy atom. The summed E-state index contributed by atoms with van der Waals surface area (Å²) in [4.78, 5) is 30.7. The summed E-state index contributed by atoms with van der Waals surface area (Å²) in [5.41, 5.74) is 0.520. The monoisotopic (exact) mass is 372 g/mol. The van der Waals surface area contributed by atoms with Crippen LogP contribution in [-0.4, -0.2) is 28.5 Å². The highest BCUT2D eigenvalue weighted by molar-refractivity contribution is 5.97. The summed E-state index contributed by atoms with van der Waals surface area (Å²) in [5, 5.41) is 0. The van der Waals surface area contributed by atoms with Crippen molar-refractivity contribution in [2.75, 3.05) is 4.90 Å². The first-order valence-corrected chi connectivity index (χ1v) is 8.83. The molecule has 0 saturated carbocycles. The van der Waals surface area contributed by atoms with Crippen LogP contribution in [0.15, 0.2) is 42.6 Å². The molecule has 2 aromatic rings. The molecule has 2 rings (SSSR count). The molecule has 1 aromatic heterocycles. The van der Waals surface area contributed by atoms with Gasteiger partial charge in [-0.3, -0.25) is 9.69 Å². The molecule has 0 radical (unpaired) electrons. The second-order valence-electron chi connectivity index (χ2n) is 7.57. The smallest absolute Gasteiger partial charge is 0.416 e. The van der Waals surface area contributed by atoms with Crippen LogP contribution in [0.5, 0.6) is 0 Å². The van der Waals surface area contributed by atoms with Crippen molar-refractivity contribution < 1.29 is 18.7 Å². The molecule has 0 saturated heterocycles. The number of halogens is 1. The highest BCUT2D eigenvalue weighted by atomic mass is 19.1. The van der Waals surface area contributed by atoms with Gasteiger partial charge in [-0.25, -0.2) is 14.2 Å². The van der Waals surface area contributed by atoms with E-state index >= 15 is 0 Å². The van der Waals surface area contributed by atoms with E-state index in [0.29, 0.717) is 16.9 Å². The molecule has 0 N–H and O–H groups in total. The second kappa shape index (κ2) is 8.29. The summed E-state index contributed by atoms with van der Waals surface area (Å²) in [7, 11) is 0. The lowest BCUT2D eigenvalue weighted by molar-refractivity contribution is 0.0569. The minimum Gasteiger partial charge on any atom is -0.443 e. The van der Waals surface area contributed by atoms with Gasteiger partial charge in [-0.1, -0.05) is 0 Å². The van der Waals surface area contributed by atoms with Crippen molar-refractivity contribution in [1.29, 1.82) is 0 Å². The molecule has 1 amide bonds. The van der Waals surface area contributed by atoms with Crippen molar-refractivity contribution in [3.63, 3.8) is 0 Å². The number of aromatic nitrogens is 1. The van der Waals surface area contributed by atoms with Crippen LogP contribution in [0.25, 0.3) is 0 Å². The number of amides is 1. The van der Waals surface area contributed by atoms with Gasteiger partial charge in [0.05, 0.1) is 0 Å². The number of ketones is 1. The van der Waals surface area contributed by atoms with Crippen LogP contribution in [0.3, 0.4) is 0 Å². The number of hydrogen-bond acceptors (Lipinski definition) is 4. The lowest BCUT2D eigenvalue weighted by Gasteiger charge is -2.29. The van der Waals surface area contributed by atoms with E-state index in [9.17, 15) is 14.0 Å². The Hall–Kier alpha value is -2.76. The first-order valence-electron chi connectivity index (χ1n) is 8.83. The fraction of sp³-hybridized carbons (Fsp3) is 0.381. The zero-order valence-corrected chi connectivity index (χ0v) is 16.3.